The number of para-hydroxylation sites is 1. The van der Waals surface area contributed by atoms with E-state index in [2.05, 4.69) is 10.6 Å². The third-order valence-electron chi connectivity index (χ3n) is 3.90. The fourth-order valence-corrected chi connectivity index (χ4v) is 2.57. The van der Waals surface area contributed by atoms with Crippen LogP contribution >= 0.6 is 0 Å². The van der Waals surface area contributed by atoms with Gasteiger partial charge in [-0.05, 0) is 36.8 Å². The van der Waals surface area contributed by atoms with E-state index < -0.39 is 11.9 Å². The maximum atomic E-state index is 13.7. The van der Waals surface area contributed by atoms with Crippen molar-refractivity contribution >= 4 is 11.6 Å². The Bertz CT molecular complexity index is 819. The van der Waals surface area contributed by atoms with E-state index in [0.29, 0.717) is 5.76 Å². The summed E-state index contributed by atoms with van der Waals surface area (Å²) in [5.41, 5.74) is 1.14. The van der Waals surface area contributed by atoms with Gasteiger partial charge in [0.1, 0.15) is 11.6 Å². The number of furan rings is 1. The summed E-state index contributed by atoms with van der Waals surface area (Å²) in [6, 6.07) is 18.6. The second-order valence-corrected chi connectivity index (χ2v) is 5.72. The lowest BCUT2D eigenvalue weighted by Crippen LogP contribution is -2.40. The van der Waals surface area contributed by atoms with E-state index >= 15 is 0 Å². The molecular weight excluding hydrogens is 319 g/mol. The second kappa shape index (κ2) is 7.77. The average Bonchev–Trinajstić information content (AvgIpc) is 3.16. The Kier molecular flexibility index (Phi) is 5.26. The molecular formula is C20H19FN2O2. The van der Waals surface area contributed by atoms with Crippen LogP contribution in [-0.2, 0) is 4.79 Å². The fraction of sp³-hybridized carbons (Fsp3) is 0.150. The van der Waals surface area contributed by atoms with Gasteiger partial charge in [0.2, 0.25) is 5.91 Å². The first-order valence-corrected chi connectivity index (χ1v) is 8.05. The number of hydrogen-bond donors (Lipinski definition) is 2. The summed E-state index contributed by atoms with van der Waals surface area (Å²) in [5, 5.41) is 5.85. The standard InChI is InChI=1S/C20H19FN2O2/c1-14(20(24)23-17-11-6-5-10-16(17)21)22-19(18-12-7-13-25-18)15-8-3-2-4-9-15/h2-14,19,22H,1H3,(H,23,24)/t14-,19+/m1/s1. The lowest BCUT2D eigenvalue weighted by Gasteiger charge is -2.22. The Morgan fingerprint density at radius 2 is 1.72 bits per heavy atom. The molecule has 128 valence electrons. The van der Waals surface area contributed by atoms with E-state index in [1.165, 1.54) is 12.1 Å². The van der Waals surface area contributed by atoms with Gasteiger partial charge in [0.15, 0.2) is 0 Å². The predicted molar refractivity (Wildman–Crippen MR) is 94.6 cm³/mol. The molecule has 0 unspecified atom stereocenters. The zero-order valence-electron chi connectivity index (χ0n) is 13.8. The van der Waals surface area contributed by atoms with Crippen LogP contribution in [0.25, 0.3) is 0 Å². The van der Waals surface area contributed by atoms with Crippen molar-refractivity contribution in [1.82, 2.24) is 5.32 Å². The van der Waals surface area contributed by atoms with Crippen LogP contribution < -0.4 is 10.6 Å². The third-order valence-corrected chi connectivity index (χ3v) is 3.90. The van der Waals surface area contributed by atoms with Gasteiger partial charge in [0.25, 0.3) is 0 Å². The molecule has 3 aromatic rings. The molecule has 2 atom stereocenters. The molecule has 25 heavy (non-hydrogen) atoms. The molecule has 2 aromatic carbocycles. The minimum Gasteiger partial charge on any atom is -0.467 e. The first-order chi connectivity index (χ1) is 12.1. The summed E-state index contributed by atoms with van der Waals surface area (Å²) in [4.78, 5) is 12.4. The quantitative estimate of drug-likeness (QED) is 0.711. The molecule has 4 nitrogen and oxygen atoms in total. The van der Waals surface area contributed by atoms with Gasteiger partial charge in [0.05, 0.1) is 24.0 Å². The van der Waals surface area contributed by atoms with Crippen LogP contribution in [0.3, 0.4) is 0 Å². The highest BCUT2D eigenvalue weighted by Gasteiger charge is 2.23. The Labute approximate surface area is 145 Å². The first kappa shape index (κ1) is 16.9. The Balaban J connectivity index is 1.75. The van der Waals surface area contributed by atoms with Crippen LogP contribution in [0, 0.1) is 5.82 Å². The molecule has 0 spiro atoms. The summed E-state index contributed by atoms with van der Waals surface area (Å²) >= 11 is 0. The fourth-order valence-electron chi connectivity index (χ4n) is 2.57. The topological polar surface area (TPSA) is 54.3 Å². The summed E-state index contributed by atoms with van der Waals surface area (Å²) in [7, 11) is 0. The molecule has 1 heterocycles. The Morgan fingerprint density at radius 3 is 2.40 bits per heavy atom. The van der Waals surface area contributed by atoms with Gasteiger partial charge in [-0.2, -0.15) is 0 Å². The summed E-state index contributed by atoms with van der Waals surface area (Å²) < 4.78 is 19.2. The number of halogens is 1. The van der Waals surface area contributed by atoms with Crippen molar-refractivity contribution in [3.05, 3.63) is 90.1 Å². The maximum absolute atomic E-state index is 13.7. The number of carbonyl (C=O) groups is 1. The monoisotopic (exact) mass is 338 g/mol. The summed E-state index contributed by atoms with van der Waals surface area (Å²) in [5.74, 6) is -0.0805. The van der Waals surface area contributed by atoms with Crippen LogP contribution in [0.1, 0.15) is 24.3 Å². The molecule has 0 aliphatic carbocycles. The van der Waals surface area contributed by atoms with Crippen LogP contribution in [0.15, 0.2) is 77.4 Å². The lowest BCUT2D eigenvalue weighted by atomic mass is 10.0. The third kappa shape index (κ3) is 4.14. The van der Waals surface area contributed by atoms with Gasteiger partial charge < -0.3 is 9.73 Å². The van der Waals surface area contributed by atoms with E-state index in [1.54, 1.807) is 31.4 Å². The normalized spacial score (nSPS) is 13.2. The number of carbonyl (C=O) groups excluding carboxylic acids is 1. The summed E-state index contributed by atoms with van der Waals surface area (Å²) in [6.45, 7) is 1.73. The number of hydrogen-bond acceptors (Lipinski definition) is 3. The zero-order valence-corrected chi connectivity index (χ0v) is 13.8. The van der Waals surface area contributed by atoms with E-state index in [9.17, 15) is 9.18 Å². The van der Waals surface area contributed by atoms with E-state index in [-0.39, 0.29) is 17.6 Å². The van der Waals surface area contributed by atoms with Crippen LogP contribution in [0.4, 0.5) is 10.1 Å². The van der Waals surface area contributed by atoms with Gasteiger partial charge in [-0.25, -0.2) is 4.39 Å². The number of benzene rings is 2. The average molecular weight is 338 g/mol. The minimum absolute atomic E-state index is 0.162. The largest absolute Gasteiger partial charge is 0.467 e. The van der Waals surface area contributed by atoms with E-state index in [1.807, 2.05) is 36.4 Å². The predicted octanol–water partition coefficient (Wildman–Crippen LogP) is 4.12. The van der Waals surface area contributed by atoms with Crippen molar-refractivity contribution in [2.24, 2.45) is 0 Å². The number of anilines is 1. The van der Waals surface area contributed by atoms with Crippen LogP contribution in [0.2, 0.25) is 0 Å². The highest BCUT2D eigenvalue weighted by Crippen LogP contribution is 2.23. The van der Waals surface area contributed by atoms with Gasteiger partial charge in [0, 0.05) is 0 Å². The number of nitrogens with one attached hydrogen (secondary N) is 2. The smallest absolute Gasteiger partial charge is 0.241 e. The van der Waals surface area contributed by atoms with Crippen LogP contribution in [-0.4, -0.2) is 11.9 Å². The molecule has 3 rings (SSSR count). The minimum atomic E-state index is -0.560. The molecule has 0 aliphatic heterocycles. The maximum Gasteiger partial charge on any atom is 0.241 e. The van der Waals surface area contributed by atoms with Crippen molar-refractivity contribution in [2.75, 3.05) is 5.32 Å². The molecule has 0 radical (unpaired) electrons. The molecule has 0 saturated heterocycles. The van der Waals surface area contributed by atoms with Crippen molar-refractivity contribution in [3.63, 3.8) is 0 Å². The van der Waals surface area contributed by atoms with Crippen molar-refractivity contribution in [1.29, 1.82) is 0 Å². The Morgan fingerprint density at radius 1 is 1.00 bits per heavy atom. The summed E-state index contributed by atoms with van der Waals surface area (Å²) in [6.07, 6.45) is 1.59. The van der Waals surface area contributed by atoms with Crippen molar-refractivity contribution in [2.45, 2.75) is 19.0 Å². The molecule has 0 fully saturated rings. The highest BCUT2D eigenvalue weighted by atomic mass is 19.1. The van der Waals surface area contributed by atoms with E-state index in [0.717, 1.165) is 5.56 Å². The molecule has 5 heteroatoms. The molecule has 2 N–H and O–H groups in total. The van der Waals surface area contributed by atoms with Gasteiger partial charge in [-0.15, -0.1) is 0 Å². The molecule has 1 aromatic heterocycles. The lowest BCUT2D eigenvalue weighted by molar-refractivity contribution is -0.117. The van der Waals surface area contributed by atoms with Crippen molar-refractivity contribution < 1.29 is 13.6 Å². The SMILES string of the molecule is C[C@@H](N[C@@H](c1ccccc1)c1ccco1)C(=O)Nc1ccccc1F. The molecule has 0 aliphatic rings. The molecule has 0 bridgehead atoms. The second-order valence-electron chi connectivity index (χ2n) is 5.72. The zero-order chi connectivity index (χ0) is 17.6. The Hall–Kier alpha value is -2.92. The molecule has 0 saturated carbocycles. The van der Waals surface area contributed by atoms with Gasteiger partial charge in [-0.1, -0.05) is 42.5 Å². The first-order valence-electron chi connectivity index (χ1n) is 8.05. The number of amides is 1. The molecule has 1 amide bonds. The van der Waals surface area contributed by atoms with Crippen molar-refractivity contribution in [3.8, 4) is 0 Å². The van der Waals surface area contributed by atoms with Gasteiger partial charge >= 0.3 is 0 Å². The highest BCUT2D eigenvalue weighted by molar-refractivity contribution is 5.94. The van der Waals surface area contributed by atoms with Crippen LogP contribution in [0.5, 0.6) is 0 Å². The number of rotatable bonds is 6. The van der Waals surface area contributed by atoms with E-state index in [4.69, 9.17) is 4.42 Å². The van der Waals surface area contributed by atoms with Gasteiger partial charge in [-0.3, -0.25) is 10.1 Å².